The number of amides is 1. The largest absolute Gasteiger partial charge is 0.464 e. The topological polar surface area (TPSA) is 55.8 Å². The second-order valence-electron chi connectivity index (χ2n) is 8.30. The summed E-state index contributed by atoms with van der Waals surface area (Å²) in [6.45, 7) is 3.31. The van der Waals surface area contributed by atoms with Gasteiger partial charge in [0.15, 0.2) is 0 Å². The Morgan fingerprint density at radius 3 is 2.03 bits per heavy atom. The summed E-state index contributed by atoms with van der Waals surface area (Å²) in [7, 11) is 1.70. The highest BCUT2D eigenvalue weighted by molar-refractivity contribution is 5.77. The van der Waals surface area contributed by atoms with Gasteiger partial charge in [-0.1, -0.05) is 101 Å². The Kier molecular flexibility index (Phi) is 16.5. The Balaban J connectivity index is 1.92. The number of hydrogen-bond acceptors (Lipinski definition) is 4. The molecule has 0 aliphatic carbocycles. The van der Waals surface area contributed by atoms with Gasteiger partial charge in [-0.25, -0.2) is 0 Å². The molecule has 1 amide bonds. The zero-order valence-electron chi connectivity index (χ0n) is 19.8. The lowest BCUT2D eigenvalue weighted by Gasteiger charge is -2.17. The van der Waals surface area contributed by atoms with Crippen LogP contribution in [0.2, 0.25) is 0 Å². The van der Waals surface area contributed by atoms with Crippen LogP contribution in [0, 0.1) is 0 Å². The van der Waals surface area contributed by atoms with Crippen molar-refractivity contribution >= 4 is 11.9 Å². The molecule has 176 valence electrons. The predicted molar refractivity (Wildman–Crippen MR) is 126 cm³/mol. The van der Waals surface area contributed by atoms with E-state index >= 15 is 0 Å². The molecule has 0 aromatic heterocycles. The quantitative estimate of drug-likeness (QED) is 0.201. The first-order chi connectivity index (χ1) is 15.1. The highest BCUT2D eigenvalue weighted by Crippen LogP contribution is 2.12. The van der Waals surface area contributed by atoms with Crippen LogP contribution in [0.4, 0.5) is 0 Å². The number of carbonyl (C=O) groups excluding carboxylic acids is 2. The van der Waals surface area contributed by atoms with Gasteiger partial charge in [-0.3, -0.25) is 9.59 Å². The Labute approximate surface area is 189 Å². The Morgan fingerprint density at radius 2 is 1.42 bits per heavy atom. The van der Waals surface area contributed by atoms with Crippen LogP contribution in [0.25, 0.3) is 0 Å². The number of likely N-dealkylation sites (N-methyl/N-ethyl adjacent to an activating group) is 1. The SMILES string of the molecule is CCCCCCCCCCCCCC(=O)OCCN(C)C(=O)COCc1ccccc1. The van der Waals surface area contributed by atoms with E-state index in [0.717, 1.165) is 18.4 Å². The number of rotatable bonds is 19. The van der Waals surface area contributed by atoms with Crippen LogP contribution in [-0.2, 0) is 25.7 Å². The summed E-state index contributed by atoms with van der Waals surface area (Å²) in [6, 6.07) is 9.75. The third-order valence-corrected chi connectivity index (χ3v) is 5.44. The molecule has 0 aliphatic rings. The van der Waals surface area contributed by atoms with Crippen molar-refractivity contribution in [2.24, 2.45) is 0 Å². The maximum Gasteiger partial charge on any atom is 0.305 e. The van der Waals surface area contributed by atoms with Crippen LogP contribution in [-0.4, -0.2) is 43.6 Å². The van der Waals surface area contributed by atoms with E-state index in [4.69, 9.17) is 9.47 Å². The molecular formula is C26H43NO4. The monoisotopic (exact) mass is 433 g/mol. The van der Waals surface area contributed by atoms with Crippen LogP contribution in [0.3, 0.4) is 0 Å². The van der Waals surface area contributed by atoms with Crippen molar-refractivity contribution in [3.63, 3.8) is 0 Å². The van der Waals surface area contributed by atoms with E-state index in [1.807, 2.05) is 30.3 Å². The zero-order chi connectivity index (χ0) is 22.6. The summed E-state index contributed by atoms with van der Waals surface area (Å²) in [5.74, 6) is -0.283. The zero-order valence-corrected chi connectivity index (χ0v) is 19.8. The van der Waals surface area contributed by atoms with Gasteiger partial charge in [0.1, 0.15) is 13.2 Å². The predicted octanol–water partition coefficient (Wildman–Crippen LogP) is 5.91. The summed E-state index contributed by atoms with van der Waals surface area (Å²) in [6.07, 6.45) is 14.3. The molecule has 31 heavy (non-hydrogen) atoms. The van der Waals surface area contributed by atoms with E-state index in [0.29, 0.717) is 19.6 Å². The summed E-state index contributed by atoms with van der Waals surface area (Å²) < 4.78 is 10.7. The molecule has 0 saturated heterocycles. The van der Waals surface area contributed by atoms with Crippen LogP contribution < -0.4 is 0 Å². The van der Waals surface area contributed by atoms with E-state index < -0.39 is 0 Å². The number of benzene rings is 1. The summed E-state index contributed by atoms with van der Waals surface area (Å²) in [4.78, 5) is 25.4. The number of esters is 1. The average Bonchev–Trinajstić information content (AvgIpc) is 2.78. The lowest BCUT2D eigenvalue weighted by Crippen LogP contribution is -2.33. The number of unbranched alkanes of at least 4 members (excludes halogenated alkanes) is 10. The van der Waals surface area contributed by atoms with E-state index in [1.165, 1.54) is 57.8 Å². The first-order valence-corrected chi connectivity index (χ1v) is 12.1. The molecule has 0 fully saturated rings. The van der Waals surface area contributed by atoms with Crippen molar-refractivity contribution in [1.29, 1.82) is 0 Å². The fourth-order valence-electron chi connectivity index (χ4n) is 3.37. The third kappa shape index (κ3) is 15.6. The Morgan fingerprint density at radius 1 is 0.839 bits per heavy atom. The molecule has 0 atom stereocenters. The van der Waals surface area contributed by atoms with Crippen LogP contribution >= 0.6 is 0 Å². The van der Waals surface area contributed by atoms with Crippen LogP contribution in [0.5, 0.6) is 0 Å². The molecule has 0 N–H and O–H groups in total. The first kappa shape index (κ1) is 27.2. The molecule has 0 aliphatic heterocycles. The van der Waals surface area contributed by atoms with Gasteiger partial charge in [0, 0.05) is 13.5 Å². The second-order valence-corrected chi connectivity index (χ2v) is 8.30. The van der Waals surface area contributed by atoms with Crippen molar-refractivity contribution in [1.82, 2.24) is 4.90 Å². The van der Waals surface area contributed by atoms with Gasteiger partial charge in [-0.05, 0) is 12.0 Å². The van der Waals surface area contributed by atoms with E-state index in [1.54, 1.807) is 11.9 Å². The molecular weight excluding hydrogens is 390 g/mol. The molecule has 0 spiro atoms. The fraction of sp³-hybridized carbons (Fsp3) is 0.692. The minimum absolute atomic E-state index is 0.0259. The van der Waals surface area contributed by atoms with Gasteiger partial charge in [-0.2, -0.15) is 0 Å². The fourth-order valence-corrected chi connectivity index (χ4v) is 3.37. The van der Waals surface area contributed by atoms with E-state index in [9.17, 15) is 9.59 Å². The molecule has 1 rings (SSSR count). The van der Waals surface area contributed by atoms with E-state index in [-0.39, 0.29) is 25.1 Å². The minimum atomic E-state index is -0.169. The molecule has 0 unspecified atom stereocenters. The van der Waals surface area contributed by atoms with Gasteiger partial charge >= 0.3 is 5.97 Å². The van der Waals surface area contributed by atoms with Gasteiger partial charge in [0.25, 0.3) is 0 Å². The molecule has 5 nitrogen and oxygen atoms in total. The maximum atomic E-state index is 12.1. The van der Waals surface area contributed by atoms with Gasteiger partial charge in [-0.15, -0.1) is 0 Å². The number of nitrogens with zero attached hydrogens (tertiary/aromatic N) is 1. The smallest absolute Gasteiger partial charge is 0.305 e. The normalized spacial score (nSPS) is 10.8. The van der Waals surface area contributed by atoms with Crippen molar-refractivity contribution in [3.05, 3.63) is 35.9 Å². The molecule has 0 saturated carbocycles. The lowest BCUT2D eigenvalue weighted by atomic mass is 10.1. The maximum absolute atomic E-state index is 12.1. The molecule has 0 bridgehead atoms. The van der Waals surface area contributed by atoms with Gasteiger partial charge in [0.2, 0.25) is 5.91 Å². The summed E-state index contributed by atoms with van der Waals surface area (Å²) in [5, 5.41) is 0. The van der Waals surface area contributed by atoms with Gasteiger partial charge in [0.05, 0.1) is 13.2 Å². The standard InChI is InChI=1S/C26H43NO4/c1-3-4-5-6-7-8-9-10-11-12-16-19-26(29)31-21-20-27(2)25(28)23-30-22-24-17-14-13-15-18-24/h13-15,17-18H,3-12,16,19-23H2,1-2H3. The van der Waals surface area contributed by atoms with Gasteiger partial charge < -0.3 is 14.4 Å². The van der Waals surface area contributed by atoms with Crippen LogP contribution in [0.15, 0.2) is 30.3 Å². The molecule has 5 heteroatoms. The average molecular weight is 434 g/mol. The molecule has 0 radical (unpaired) electrons. The lowest BCUT2D eigenvalue weighted by molar-refractivity contribution is -0.146. The number of carbonyl (C=O) groups is 2. The highest BCUT2D eigenvalue weighted by atomic mass is 16.5. The number of hydrogen-bond donors (Lipinski definition) is 0. The second kappa shape index (κ2) is 18.9. The van der Waals surface area contributed by atoms with Crippen molar-refractivity contribution in [3.8, 4) is 0 Å². The van der Waals surface area contributed by atoms with Crippen molar-refractivity contribution in [2.45, 2.75) is 90.6 Å². The Bertz CT molecular complexity index is 576. The summed E-state index contributed by atoms with van der Waals surface area (Å²) in [5.41, 5.74) is 1.04. The van der Waals surface area contributed by atoms with Crippen molar-refractivity contribution < 1.29 is 19.1 Å². The Hall–Kier alpha value is -1.88. The van der Waals surface area contributed by atoms with Crippen molar-refractivity contribution in [2.75, 3.05) is 26.8 Å². The molecule has 1 aromatic rings. The van der Waals surface area contributed by atoms with Crippen LogP contribution in [0.1, 0.15) is 89.5 Å². The first-order valence-electron chi connectivity index (χ1n) is 12.1. The van der Waals surface area contributed by atoms with E-state index in [2.05, 4.69) is 6.92 Å². The highest BCUT2D eigenvalue weighted by Gasteiger charge is 2.10. The minimum Gasteiger partial charge on any atom is -0.464 e. The molecule has 0 heterocycles. The third-order valence-electron chi connectivity index (χ3n) is 5.44. The summed E-state index contributed by atoms with van der Waals surface area (Å²) >= 11 is 0. The number of ether oxygens (including phenoxy) is 2. The molecule has 1 aromatic carbocycles.